The van der Waals surface area contributed by atoms with E-state index in [2.05, 4.69) is 42.6 Å². The van der Waals surface area contributed by atoms with Crippen LogP contribution < -0.4 is 0 Å². The largest absolute Gasteiger partial charge is 0.396 e. The number of aliphatic hydroxyl groups excluding tert-OH is 1. The molecule has 1 atom stereocenters. The third kappa shape index (κ3) is 4.24. The van der Waals surface area contributed by atoms with Gasteiger partial charge in [0.15, 0.2) is 0 Å². The van der Waals surface area contributed by atoms with Crippen LogP contribution in [0.25, 0.3) is 0 Å². The Bertz CT molecular complexity index is 286. The number of hydrogen-bond donors (Lipinski definition) is 1. The summed E-state index contributed by atoms with van der Waals surface area (Å²) in [5, 5.41) is 13.8. The molecule has 0 aliphatic rings. The minimum Gasteiger partial charge on any atom is -0.396 e. The van der Waals surface area contributed by atoms with Crippen molar-refractivity contribution in [3.8, 4) is 0 Å². The van der Waals surface area contributed by atoms with E-state index in [1.54, 1.807) is 11.3 Å². The predicted molar refractivity (Wildman–Crippen MR) is 70.8 cm³/mol. The van der Waals surface area contributed by atoms with Crippen LogP contribution in [0.15, 0.2) is 16.8 Å². The van der Waals surface area contributed by atoms with E-state index in [1.807, 2.05) is 0 Å². The summed E-state index contributed by atoms with van der Waals surface area (Å²) in [6, 6.07) is 2.16. The van der Waals surface area contributed by atoms with Gasteiger partial charge >= 0.3 is 0 Å². The topological polar surface area (TPSA) is 23.5 Å². The Balaban J connectivity index is 2.45. The van der Waals surface area contributed by atoms with Crippen molar-refractivity contribution in [1.82, 2.24) is 4.90 Å². The number of aliphatic hydroxyl groups is 1. The quantitative estimate of drug-likeness (QED) is 0.793. The van der Waals surface area contributed by atoms with E-state index in [9.17, 15) is 5.11 Å². The maximum Gasteiger partial charge on any atom is 0.0497 e. The van der Waals surface area contributed by atoms with Crippen LogP contribution in [0.1, 0.15) is 32.3 Å². The molecule has 1 N–H and O–H groups in total. The van der Waals surface area contributed by atoms with Gasteiger partial charge in [0, 0.05) is 25.1 Å². The highest BCUT2D eigenvalue weighted by Gasteiger charge is 2.24. The molecular formula is C13H23NOS. The second-order valence-corrected chi connectivity index (χ2v) is 5.80. The Morgan fingerprint density at radius 3 is 2.75 bits per heavy atom. The van der Waals surface area contributed by atoms with Crippen LogP contribution in [-0.4, -0.2) is 30.2 Å². The molecule has 0 aliphatic heterocycles. The van der Waals surface area contributed by atoms with Crippen molar-refractivity contribution in [2.75, 3.05) is 20.2 Å². The third-order valence-electron chi connectivity index (χ3n) is 2.92. The summed E-state index contributed by atoms with van der Waals surface area (Å²) >= 11 is 1.74. The Hall–Kier alpha value is -0.380. The van der Waals surface area contributed by atoms with Gasteiger partial charge in [0.25, 0.3) is 0 Å². The molecule has 0 spiro atoms. The molecule has 0 bridgehead atoms. The van der Waals surface area contributed by atoms with Gasteiger partial charge in [-0.2, -0.15) is 11.3 Å². The van der Waals surface area contributed by atoms with E-state index in [4.69, 9.17) is 0 Å². The zero-order chi connectivity index (χ0) is 12.0. The second kappa shape index (κ2) is 6.38. The molecule has 0 aromatic carbocycles. The first kappa shape index (κ1) is 13.7. The van der Waals surface area contributed by atoms with Gasteiger partial charge < -0.3 is 10.0 Å². The van der Waals surface area contributed by atoms with Crippen molar-refractivity contribution in [2.24, 2.45) is 5.41 Å². The lowest BCUT2D eigenvalue weighted by molar-refractivity contribution is 0.0879. The smallest absolute Gasteiger partial charge is 0.0497 e. The summed E-state index contributed by atoms with van der Waals surface area (Å²) in [6.45, 7) is 6.54. The van der Waals surface area contributed by atoms with Gasteiger partial charge in [0.1, 0.15) is 0 Å². The van der Waals surface area contributed by atoms with Crippen molar-refractivity contribution in [3.05, 3.63) is 22.4 Å². The first-order valence-electron chi connectivity index (χ1n) is 5.90. The van der Waals surface area contributed by atoms with Gasteiger partial charge in [-0.3, -0.25) is 0 Å². The molecule has 1 heterocycles. The highest BCUT2D eigenvalue weighted by molar-refractivity contribution is 7.07. The average Bonchev–Trinajstić information content (AvgIpc) is 2.70. The molecule has 0 amide bonds. The summed E-state index contributed by atoms with van der Waals surface area (Å²) in [7, 11) is 2.13. The summed E-state index contributed by atoms with van der Waals surface area (Å²) in [4.78, 5) is 2.30. The molecule has 0 aliphatic carbocycles. The summed E-state index contributed by atoms with van der Waals surface area (Å²) in [5.74, 6) is 0. The maximum absolute atomic E-state index is 9.47. The van der Waals surface area contributed by atoms with Crippen molar-refractivity contribution < 1.29 is 5.11 Å². The molecule has 1 aromatic rings. The van der Waals surface area contributed by atoms with Crippen molar-refractivity contribution in [3.63, 3.8) is 0 Å². The van der Waals surface area contributed by atoms with Crippen LogP contribution in [0.2, 0.25) is 0 Å². The van der Waals surface area contributed by atoms with Gasteiger partial charge in [-0.05, 0) is 35.9 Å². The molecular weight excluding hydrogens is 218 g/mol. The third-order valence-corrected chi connectivity index (χ3v) is 3.65. The van der Waals surface area contributed by atoms with Crippen molar-refractivity contribution in [1.29, 1.82) is 0 Å². The first-order chi connectivity index (χ1) is 7.59. The molecule has 1 aromatic heterocycles. The Labute approximate surface area is 103 Å². The molecule has 2 nitrogen and oxygen atoms in total. The SMILES string of the molecule is CCCC(C)(CO)CN(C)Cc1ccsc1. The van der Waals surface area contributed by atoms with Gasteiger partial charge in [-0.1, -0.05) is 20.3 Å². The van der Waals surface area contributed by atoms with Crippen molar-refractivity contribution >= 4 is 11.3 Å². The fourth-order valence-corrected chi connectivity index (χ4v) is 2.87. The molecule has 1 rings (SSSR count). The Morgan fingerprint density at radius 1 is 1.50 bits per heavy atom. The monoisotopic (exact) mass is 241 g/mol. The van der Waals surface area contributed by atoms with Crippen molar-refractivity contribution in [2.45, 2.75) is 33.2 Å². The highest BCUT2D eigenvalue weighted by Crippen LogP contribution is 2.24. The molecule has 0 fully saturated rings. The lowest BCUT2D eigenvalue weighted by atomic mass is 9.86. The van der Waals surface area contributed by atoms with E-state index < -0.39 is 0 Å². The molecule has 0 saturated heterocycles. The Kier molecular flexibility index (Phi) is 5.46. The van der Waals surface area contributed by atoms with Crippen LogP contribution in [0.5, 0.6) is 0 Å². The first-order valence-corrected chi connectivity index (χ1v) is 6.84. The van der Waals surface area contributed by atoms with E-state index in [0.29, 0.717) is 0 Å². The van der Waals surface area contributed by atoms with Gasteiger partial charge in [0.2, 0.25) is 0 Å². The van der Waals surface area contributed by atoms with Gasteiger partial charge in [-0.15, -0.1) is 0 Å². The fraction of sp³-hybridized carbons (Fsp3) is 0.692. The normalized spacial score (nSPS) is 15.3. The minimum atomic E-state index is 0.0412. The van der Waals surface area contributed by atoms with E-state index in [1.165, 1.54) is 5.56 Å². The lowest BCUT2D eigenvalue weighted by Crippen LogP contribution is -2.35. The van der Waals surface area contributed by atoms with E-state index in [-0.39, 0.29) is 12.0 Å². The zero-order valence-corrected chi connectivity index (χ0v) is 11.4. The van der Waals surface area contributed by atoms with Crippen LogP contribution in [0, 0.1) is 5.41 Å². The van der Waals surface area contributed by atoms with E-state index >= 15 is 0 Å². The molecule has 16 heavy (non-hydrogen) atoms. The second-order valence-electron chi connectivity index (χ2n) is 5.02. The van der Waals surface area contributed by atoms with Gasteiger partial charge in [-0.25, -0.2) is 0 Å². The molecule has 0 radical (unpaired) electrons. The molecule has 0 saturated carbocycles. The maximum atomic E-state index is 9.47. The fourth-order valence-electron chi connectivity index (χ4n) is 2.21. The standard InChI is InChI=1S/C13H23NOS/c1-4-6-13(2,11-15)10-14(3)8-12-5-7-16-9-12/h5,7,9,15H,4,6,8,10-11H2,1-3H3. The lowest BCUT2D eigenvalue weighted by Gasteiger charge is -2.31. The highest BCUT2D eigenvalue weighted by atomic mass is 32.1. The van der Waals surface area contributed by atoms with E-state index in [0.717, 1.165) is 25.9 Å². The van der Waals surface area contributed by atoms with Gasteiger partial charge in [0.05, 0.1) is 0 Å². The number of hydrogen-bond acceptors (Lipinski definition) is 3. The number of nitrogens with zero attached hydrogens (tertiary/aromatic N) is 1. The summed E-state index contributed by atoms with van der Waals surface area (Å²) < 4.78 is 0. The predicted octanol–water partition coefficient (Wildman–Crippen LogP) is 2.98. The minimum absolute atomic E-state index is 0.0412. The average molecular weight is 241 g/mol. The molecule has 92 valence electrons. The summed E-state index contributed by atoms with van der Waals surface area (Å²) in [5.41, 5.74) is 1.41. The summed E-state index contributed by atoms with van der Waals surface area (Å²) in [6.07, 6.45) is 2.21. The van der Waals surface area contributed by atoms with Crippen LogP contribution in [0.3, 0.4) is 0 Å². The Morgan fingerprint density at radius 2 is 2.25 bits per heavy atom. The van der Waals surface area contributed by atoms with Crippen LogP contribution >= 0.6 is 11.3 Å². The molecule has 1 unspecified atom stereocenters. The molecule has 3 heteroatoms. The number of rotatable bonds is 7. The zero-order valence-electron chi connectivity index (χ0n) is 10.6. The number of thiophene rings is 1. The van der Waals surface area contributed by atoms with Crippen LogP contribution in [0.4, 0.5) is 0 Å². The van der Waals surface area contributed by atoms with Crippen LogP contribution in [-0.2, 0) is 6.54 Å².